The van der Waals surface area contributed by atoms with Crippen molar-refractivity contribution in [3.05, 3.63) is 23.9 Å². The summed E-state index contributed by atoms with van der Waals surface area (Å²) < 4.78 is 0. The summed E-state index contributed by atoms with van der Waals surface area (Å²) in [7, 11) is 0. The van der Waals surface area contributed by atoms with Gasteiger partial charge in [-0.25, -0.2) is 9.98 Å². The normalized spacial score (nSPS) is 9.25. The molecule has 0 fully saturated rings. The Kier molecular flexibility index (Phi) is 5.61. The molecule has 66 valence electrons. The van der Waals surface area contributed by atoms with Gasteiger partial charge in [-0.15, -0.1) is 0 Å². The van der Waals surface area contributed by atoms with E-state index in [0.29, 0.717) is 5.82 Å². The molecule has 0 aliphatic carbocycles. The van der Waals surface area contributed by atoms with Crippen LogP contribution in [0, 0.1) is 6.92 Å². The van der Waals surface area contributed by atoms with E-state index in [0.717, 1.165) is 5.56 Å². The highest BCUT2D eigenvalue weighted by molar-refractivity contribution is 5.56. The zero-order chi connectivity index (χ0) is 9.40. The SMILES string of the molecule is CC.Cc1ccc(N=CN)nc1. The average molecular weight is 165 g/mol. The Morgan fingerprint density at radius 2 is 2.08 bits per heavy atom. The van der Waals surface area contributed by atoms with Crippen molar-refractivity contribution in [2.45, 2.75) is 20.8 Å². The Labute approximate surface area is 73.4 Å². The van der Waals surface area contributed by atoms with Crippen LogP contribution in [0.1, 0.15) is 19.4 Å². The van der Waals surface area contributed by atoms with E-state index in [9.17, 15) is 0 Å². The van der Waals surface area contributed by atoms with Crippen molar-refractivity contribution >= 4 is 12.2 Å². The van der Waals surface area contributed by atoms with E-state index in [2.05, 4.69) is 9.98 Å². The molecule has 0 bridgehead atoms. The molecule has 0 spiro atoms. The molecule has 12 heavy (non-hydrogen) atoms. The van der Waals surface area contributed by atoms with Crippen LogP contribution < -0.4 is 5.73 Å². The molecule has 0 aliphatic heterocycles. The molecule has 3 nitrogen and oxygen atoms in total. The first-order valence-corrected chi connectivity index (χ1v) is 4.00. The first-order chi connectivity index (χ1) is 5.83. The summed E-state index contributed by atoms with van der Waals surface area (Å²) in [5.41, 5.74) is 6.19. The van der Waals surface area contributed by atoms with Gasteiger partial charge in [-0.3, -0.25) is 0 Å². The lowest BCUT2D eigenvalue weighted by Crippen LogP contribution is -1.87. The average Bonchev–Trinajstić information content (AvgIpc) is 2.13. The van der Waals surface area contributed by atoms with Crippen LogP contribution in [0.3, 0.4) is 0 Å². The molecular weight excluding hydrogens is 150 g/mol. The van der Waals surface area contributed by atoms with E-state index in [1.165, 1.54) is 6.34 Å². The Morgan fingerprint density at radius 3 is 2.50 bits per heavy atom. The topological polar surface area (TPSA) is 51.3 Å². The minimum absolute atomic E-state index is 0.646. The molecule has 0 saturated carbocycles. The van der Waals surface area contributed by atoms with Crippen molar-refractivity contribution in [3.63, 3.8) is 0 Å². The molecule has 0 amide bonds. The zero-order valence-corrected chi connectivity index (χ0v) is 7.78. The summed E-state index contributed by atoms with van der Waals surface area (Å²) in [6, 6.07) is 3.76. The summed E-state index contributed by atoms with van der Waals surface area (Å²) >= 11 is 0. The molecule has 0 aliphatic rings. The molecule has 1 aromatic heterocycles. The van der Waals surface area contributed by atoms with E-state index in [4.69, 9.17) is 5.73 Å². The van der Waals surface area contributed by atoms with Gasteiger partial charge in [0.1, 0.15) is 0 Å². The number of aryl methyl sites for hydroxylation is 1. The van der Waals surface area contributed by atoms with Gasteiger partial charge in [-0.1, -0.05) is 19.9 Å². The number of aromatic nitrogens is 1. The van der Waals surface area contributed by atoms with E-state index < -0.39 is 0 Å². The third-order valence-corrected chi connectivity index (χ3v) is 1.10. The molecule has 1 rings (SSSR count). The summed E-state index contributed by atoms with van der Waals surface area (Å²) in [5.74, 6) is 0.646. The molecule has 2 N–H and O–H groups in total. The van der Waals surface area contributed by atoms with Crippen LogP contribution >= 0.6 is 0 Å². The summed E-state index contributed by atoms with van der Waals surface area (Å²) in [6.07, 6.45) is 2.99. The number of nitrogens with zero attached hydrogens (tertiary/aromatic N) is 2. The van der Waals surface area contributed by atoms with Gasteiger partial charge in [-0.2, -0.15) is 0 Å². The van der Waals surface area contributed by atoms with Gasteiger partial charge in [0, 0.05) is 6.20 Å². The number of hydrogen-bond donors (Lipinski definition) is 1. The second kappa shape index (κ2) is 6.34. The minimum atomic E-state index is 0.646. The third-order valence-electron chi connectivity index (χ3n) is 1.10. The Morgan fingerprint density at radius 1 is 1.42 bits per heavy atom. The van der Waals surface area contributed by atoms with Crippen molar-refractivity contribution in [1.82, 2.24) is 4.98 Å². The highest BCUT2D eigenvalue weighted by Crippen LogP contribution is 2.05. The molecule has 1 heterocycles. The van der Waals surface area contributed by atoms with Gasteiger partial charge in [0.25, 0.3) is 0 Å². The molecule has 0 aromatic carbocycles. The zero-order valence-electron chi connectivity index (χ0n) is 7.78. The summed E-state index contributed by atoms with van der Waals surface area (Å²) in [4.78, 5) is 7.78. The van der Waals surface area contributed by atoms with Crippen LogP contribution in [0.25, 0.3) is 0 Å². The van der Waals surface area contributed by atoms with E-state index in [1.807, 2.05) is 32.9 Å². The number of nitrogens with two attached hydrogens (primary N) is 1. The number of rotatable bonds is 1. The van der Waals surface area contributed by atoms with Crippen LogP contribution in [0.15, 0.2) is 23.3 Å². The second-order valence-electron chi connectivity index (χ2n) is 1.97. The molecule has 3 heteroatoms. The largest absolute Gasteiger partial charge is 0.390 e. The Hall–Kier alpha value is -1.38. The molecule has 0 saturated heterocycles. The molecule has 0 unspecified atom stereocenters. The third kappa shape index (κ3) is 3.71. The van der Waals surface area contributed by atoms with E-state index in [1.54, 1.807) is 6.20 Å². The van der Waals surface area contributed by atoms with Gasteiger partial charge in [0.15, 0.2) is 5.82 Å². The number of aliphatic imine (C=N–C) groups is 1. The second-order valence-corrected chi connectivity index (χ2v) is 1.97. The van der Waals surface area contributed by atoms with Gasteiger partial charge in [0.2, 0.25) is 0 Å². The fraction of sp³-hybridized carbons (Fsp3) is 0.333. The minimum Gasteiger partial charge on any atom is -0.390 e. The van der Waals surface area contributed by atoms with E-state index >= 15 is 0 Å². The lowest BCUT2D eigenvalue weighted by molar-refractivity contribution is 1.23. The summed E-state index contributed by atoms with van der Waals surface area (Å²) in [5, 5.41) is 0. The van der Waals surface area contributed by atoms with Gasteiger partial charge < -0.3 is 5.73 Å². The monoisotopic (exact) mass is 165 g/mol. The van der Waals surface area contributed by atoms with Crippen molar-refractivity contribution < 1.29 is 0 Å². The van der Waals surface area contributed by atoms with Crippen molar-refractivity contribution in [3.8, 4) is 0 Å². The van der Waals surface area contributed by atoms with Crippen LogP contribution in [0.2, 0.25) is 0 Å². The standard InChI is InChI=1S/C7H9N3.C2H6/c1-6-2-3-7(9-4-6)10-5-8;1-2/h2-5H,1H3,(H2,8,9,10);1-2H3. The highest BCUT2D eigenvalue weighted by atomic mass is 14.9. The lowest BCUT2D eigenvalue weighted by atomic mass is 10.3. The van der Waals surface area contributed by atoms with Crippen LogP contribution in [-0.2, 0) is 0 Å². The Bertz CT molecular complexity index is 226. The number of pyridine rings is 1. The quantitative estimate of drug-likeness (QED) is 0.511. The maximum atomic E-state index is 5.07. The lowest BCUT2D eigenvalue weighted by Gasteiger charge is -1.90. The molecular formula is C9H15N3. The maximum absolute atomic E-state index is 5.07. The van der Waals surface area contributed by atoms with Crippen molar-refractivity contribution in [2.24, 2.45) is 10.7 Å². The fourth-order valence-electron chi connectivity index (χ4n) is 0.613. The van der Waals surface area contributed by atoms with Gasteiger partial charge in [-0.05, 0) is 18.6 Å². The smallest absolute Gasteiger partial charge is 0.153 e. The van der Waals surface area contributed by atoms with Crippen LogP contribution in [0.5, 0.6) is 0 Å². The van der Waals surface area contributed by atoms with Gasteiger partial charge in [0.05, 0.1) is 6.34 Å². The van der Waals surface area contributed by atoms with Crippen molar-refractivity contribution in [2.75, 3.05) is 0 Å². The fourth-order valence-corrected chi connectivity index (χ4v) is 0.613. The maximum Gasteiger partial charge on any atom is 0.153 e. The number of hydrogen-bond acceptors (Lipinski definition) is 2. The van der Waals surface area contributed by atoms with E-state index in [-0.39, 0.29) is 0 Å². The van der Waals surface area contributed by atoms with Crippen LogP contribution in [0.4, 0.5) is 5.82 Å². The van der Waals surface area contributed by atoms with Crippen LogP contribution in [-0.4, -0.2) is 11.3 Å². The Balaban J connectivity index is 0.000000561. The predicted molar refractivity (Wildman–Crippen MR) is 52.7 cm³/mol. The summed E-state index contributed by atoms with van der Waals surface area (Å²) in [6.45, 7) is 5.98. The van der Waals surface area contributed by atoms with Crippen molar-refractivity contribution in [1.29, 1.82) is 0 Å². The first-order valence-electron chi connectivity index (χ1n) is 4.00. The van der Waals surface area contributed by atoms with Gasteiger partial charge >= 0.3 is 0 Å². The highest BCUT2D eigenvalue weighted by Gasteiger charge is 1.85. The predicted octanol–water partition coefficient (Wildman–Crippen LogP) is 2.03. The molecule has 0 radical (unpaired) electrons. The molecule has 0 atom stereocenters. The first kappa shape index (κ1) is 10.6. The molecule has 1 aromatic rings.